The van der Waals surface area contributed by atoms with Crippen LogP contribution in [0.2, 0.25) is 0 Å². The number of nitrogens with two attached hydrogens (primary N) is 1. The Labute approximate surface area is 176 Å². The van der Waals surface area contributed by atoms with E-state index in [2.05, 4.69) is 15.1 Å². The van der Waals surface area contributed by atoms with E-state index in [0.717, 1.165) is 12.3 Å². The topological polar surface area (TPSA) is 87.7 Å². The molecule has 1 aliphatic carbocycles. The van der Waals surface area contributed by atoms with E-state index >= 15 is 0 Å². The fraction of sp³-hybridized carbons (Fsp3) is 0.429. The molecule has 10 heteroatoms. The van der Waals surface area contributed by atoms with E-state index in [4.69, 9.17) is 5.73 Å². The number of amides is 1. The first-order valence-corrected chi connectivity index (χ1v) is 10.2. The first-order valence-electron chi connectivity index (χ1n) is 10.2. The zero-order chi connectivity index (χ0) is 21.7. The molecule has 2 N–H and O–H groups in total. The van der Waals surface area contributed by atoms with Crippen molar-refractivity contribution in [3.8, 4) is 0 Å². The van der Waals surface area contributed by atoms with E-state index in [1.807, 2.05) is 4.90 Å². The average Bonchev–Trinajstić information content (AvgIpc) is 3.43. The number of hydrogen-bond donors (Lipinski definition) is 1. The van der Waals surface area contributed by atoms with Crippen LogP contribution in [0.25, 0.3) is 0 Å². The van der Waals surface area contributed by atoms with Crippen LogP contribution in [-0.4, -0.2) is 40.2 Å². The summed E-state index contributed by atoms with van der Waals surface area (Å²) >= 11 is 0. The molecule has 4 atom stereocenters. The van der Waals surface area contributed by atoms with Gasteiger partial charge in [0.2, 0.25) is 11.9 Å². The molecule has 2 fully saturated rings. The van der Waals surface area contributed by atoms with Gasteiger partial charge in [-0.25, -0.2) is 23.2 Å². The Bertz CT molecular complexity index is 1030. The molecule has 1 aromatic heterocycles. The van der Waals surface area contributed by atoms with E-state index < -0.39 is 23.5 Å². The fourth-order valence-corrected chi connectivity index (χ4v) is 5.05. The Kier molecular flexibility index (Phi) is 4.79. The molecule has 2 aliphatic heterocycles. The third kappa shape index (κ3) is 3.60. The predicted molar refractivity (Wildman–Crippen MR) is 107 cm³/mol. The lowest BCUT2D eigenvalue weighted by Gasteiger charge is -2.26. The standard InChI is InChI=1S/C21H21F3N6O/c22-15-5-11(6-16(23)7-15)18-1-2-27-30(18)20(31)12-3-13-9-29(10-14(13)4-12)21-26-8-17(24)19(25)28-21/h2,5-8,12-14,18H,1,3-4,9-10H2,(H2,25,26,28)/t12-,13+,14-,18-/m0/s1. The quantitative estimate of drug-likeness (QED) is 0.809. The number of hydrogen-bond acceptors (Lipinski definition) is 6. The lowest BCUT2D eigenvalue weighted by Crippen LogP contribution is -2.33. The Morgan fingerprint density at radius 3 is 2.39 bits per heavy atom. The largest absolute Gasteiger partial charge is 0.381 e. The Balaban J connectivity index is 1.26. The van der Waals surface area contributed by atoms with Crippen molar-refractivity contribution in [2.24, 2.45) is 22.9 Å². The van der Waals surface area contributed by atoms with Crippen molar-refractivity contribution in [3.63, 3.8) is 0 Å². The van der Waals surface area contributed by atoms with Gasteiger partial charge in [0.15, 0.2) is 11.6 Å². The molecule has 1 amide bonds. The van der Waals surface area contributed by atoms with Gasteiger partial charge in [0.05, 0.1) is 12.2 Å². The molecule has 7 nitrogen and oxygen atoms in total. The van der Waals surface area contributed by atoms with E-state index in [0.29, 0.717) is 43.9 Å². The summed E-state index contributed by atoms with van der Waals surface area (Å²) in [6.45, 7) is 1.34. The summed E-state index contributed by atoms with van der Waals surface area (Å²) in [6.07, 6.45) is 4.48. The first-order chi connectivity index (χ1) is 14.9. The number of benzene rings is 1. The molecule has 5 rings (SSSR count). The van der Waals surface area contributed by atoms with Crippen molar-refractivity contribution in [1.82, 2.24) is 15.0 Å². The van der Waals surface area contributed by atoms with Crippen LogP contribution in [0.4, 0.5) is 24.9 Å². The van der Waals surface area contributed by atoms with Crippen LogP contribution in [0.5, 0.6) is 0 Å². The molecule has 162 valence electrons. The molecule has 2 aromatic rings. The number of nitrogens with zero attached hydrogens (tertiary/aromatic N) is 5. The van der Waals surface area contributed by atoms with Gasteiger partial charge in [0.25, 0.3) is 0 Å². The van der Waals surface area contributed by atoms with Crippen molar-refractivity contribution in [2.45, 2.75) is 25.3 Å². The van der Waals surface area contributed by atoms with Crippen LogP contribution in [0, 0.1) is 35.2 Å². The van der Waals surface area contributed by atoms with Crippen LogP contribution in [-0.2, 0) is 4.79 Å². The summed E-state index contributed by atoms with van der Waals surface area (Å²) in [5.74, 6) is -1.54. The van der Waals surface area contributed by atoms with Gasteiger partial charge < -0.3 is 10.6 Å². The molecule has 1 saturated carbocycles. The summed E-state index contributed by atoms with van der Waals surface area (Å²) < 4.78 is 40.7. The molecule has 0 bridgehead atoms. The molecule has 31 heavy (non-hydrogen) atoms. The Morgan fingerprint density at radius 1 is 1.06 bits per heavy atom. The lowest BCUT2D eigenvalue weighted by molar-refractivity contribution is -0.137. The van der Waals surface area contributed by atoms with Gasteiger partial charge >= 0.3 is 0 Å². The van der Waals surface area contributed by atoms with E-state index in [-0.39, 0.29) is 29.5 Å². The normalized spacial score (nSPS) is 27.2. The van der Waals surface area contributed by atoms with Crippen molar-refractivity contribution in [3.05, 3.63) is 47.4 Å². The molecular formula is C21H21F3N6O. The molecular weight excluding hydrogens is 409 g/mol. The zero-order valence-corrected chi connectivity index (χ0v) is 16.6. The maximum absolute atomic E-state index is 13.7. The molecule has 0 radical (unpaired) electrons. The van der Waals surface area contributed by atoms with Crippen molar-refractivity contribution in [1.29, 1.82) is 0 Å². The Morgan fingerprint density at radius 2 is 1.74 bits per heavy atom. The highest BCUT2D eigenvalue weighted by molar-refractivity contribution is 5.82. The van der Waals surface area contributed by atoms with Gasteiger partial charge in [0.1, 0.15) is 11.6 Å². The zero-order valence-electron chi connectivity index (χ0n) is 16.6. The number of nitrogen functional groups attached to an aromatic ring is 1. The number of carbonyl (C=O) groups is 1. The second-order valence-electron chi connectivity index (χ2n) is 8.43. The van der Waals surface area contributed by atoms with Crippen LogP contribution >= 0.6 is 0 Å². The third-order valence-electron chi connectivity index (χ3n) is 6.47. The monoisotopic (exact) mass is 430 g/mol. The Hall–Kier alpha value is -3.17. The lowest BCUT2D eigenvalue weighted by atomic mass is 10.0. The predicted octanol–water partition coefficient (Wildman–Crippen LogP) is 2.90. The number of fused-ring (bicyclic) bond motifs is 1. The molecule has 3 heterocycles. The SMILES string of the molecule is Nc1nc(N2C[C@H]3C[C@H](C(=O)N4N=CC[C@H]4c4cc(F)cc(F)c4)C[C@H]3C2)ncc1F. The third-order valence-corrected chi connectivity index (χ3v) is 6.47. The highest BCUT2D eigenvalue weighted by Gasteiger charge is 2.46. The second-order valence-corrected chi connectivity index (χ2v) is 8.43. The van der Waals surface area contributed by atoms with Gasteiger partial charge in [-0.05, 0) is 42.4 Å². The number of hydrazone groups is 1. The van der Waals surface area contributed by atoms with Gasteiger partial charge in [0, 0.05) is 37.7 Å². The van der Waals surface area contributed by atoms with Crippen molar-refractivity contribution >= 4 is 23.9 Å². The smallest absolute Gasteiger partial charge is 0.246 e. The van der Waals surface area contributed by atoms with Gasteiger partial charge in [-0.15, -0.1) is 0 Å². The number of halogens is 3. The number of rotatable bonds is 3. The summed E-state index contributed by atoms with van der Waals surface area (Å²) in [7, 11) is 0. The van der Waals surface area contributed by atoms with Crippen molar-refractivity contribution in [2.75, 3.05) is 23.7 Å². The average molecular weight is 430 g/mol. The second kappa shape index (κ2) is 7.51. The minimum atomic E-state index is -0.673. The van der Waals surface area contributed by atoms with Crippen LogP contribution in [0.15, 0.2) is 29.5 Å². The fourth-order valence-electron chi connectivity index (χ4n) is 5.05. The molecule has 0 unspecified atom stereocenters. The molecule has 1 saturated heterocycles. The van der Waals surface area contributed by atoms with Gasteiger partial charge in [-0.3, -0.25) is 4.79 Å². The summed E-state index contributed by atoms with van der Waals surface area (Å²) in [6, 6.07) is 2.81. The maximum Gasteiger partial charge on any atom is 0.246 e. The summed E-state index contributed by atoms with van der Waals surface area (Å²) in [4.78, 5) is 23.2. The first kappa shape index (κ1) is 19.8. The summed E-state index contributed by atoms with van der Waals surface area (Å²) in [5, 5.41) is 5.58. The highest BCUT2D eigenvalue weighted by atomic mass is 19.1. The van der Waals surface area contributed by atoms with Crippen LogP contribution < -0.4 is 10.6 Å². The van der Waals surface area contributed by atoms with E-state index in [1.165, 1.54) is 17.1 Å². The maximum atomic E-state index is 13.7. The minimum absolute atomic E-state index is 0.119. The number of aromatic nitrogens is 2. The number of carbonyl (C=O) groups excluding carboxylic acids is 1. The van der Waals surface area contributed by atoms with E-state index in [9.17, 15) is 18.0 Å². The van der Waals surface area contributed by atoms with Gasteiger partial charge in [-0.2, -0.15) is 10.1 Å². The van der Waals surface area contributed by atoms with Gasteiger partial charge in [-0.1, -0.05) is 0 Å². The highest BCUT2D eigenvalue weighted by Crippen LogP contribution is 2.44. The summed E-state index contributed by atoms with van der Waals surface area (Å²) in [5.41, 5.74) is 5.95. The van der Waals surface area contributed by atoms with Crippen molar-refractivity contribution < 1.29 is 18.0 Å². The number of anilines is 2. The minimum Gasteiger partial charge on any atom is -0.381 e. The molecule has 3 aliphatic rings. The van der Waals surface area contributed by atoms with Crippen LogP contribution in [0.3, 0.4) is 0 Å². The van der Waals surface area contributed by atoms with E-state index in [1.54, 1.807) is 6.21 Å². The molecule has 0 spiro atoms. The van der Waals surface area contributed by atoms with Crippen LogP contribution in [0.1, 0.15) is 30.9 Å². The molecule has 1 aromatic carbocycles.